The van der Waals surface area contributed by atoms with Gasteiger partial charge in [0.05, 0.1) is 27.7 Å². The largest absolute Gasteiger partial charge is 0.756 e. The van der Waals surface area contributed by atoms with Crippen molar-refractivity contribution in [2.24, 2.45) is 0 Å². The maximum atomic E-state index is 12.7. The number of carbonyl (C=O) groups is 2. The molecule has 54 heavy (non-hydrogen) atoms. The van der Waals surface area contributed by atoms with Crippen molar-refractivity contribution < 1.29 is 42.1 Å². The molecule has 0 N–H and O–H groups in total. The minimum Gasteiger partial charge on any atom is -0.756 e. The predicted molar refractivity (Wildman–Crippen MR) is 222 cm³/mol. The lowest BCUT2D eigenvalue weighted by molar-refractivity contribution is -0.870. The Balaban J connectivity index is 4.32. The summed E-state index contributed by atoms with van der Waals surface area (Å²) < 4.78 is 33.9. The zero-order valence-corrected chi connectivity index (χ0v) is 36.8. The van der Waals surface area contributed by atoms with Gasteiger partial charge in [-0.25, -0.2) is 0 Å². The molecular formula is C44H86NO8P. The van der Waals surface area contributed by atoms with E-state index in [1.165, 1.54) is 135 Å². The third-order valence-corrected chi connectivity index (χ3v) is 10.7. The highest BCUT2D eigenvalue weighted by Crippen LogP contribution is 2.38. The van der Waals surface area contributed by atoms with Crippen LogP contribution in [-0.2, 0) is 32.7 Å². The average Bonchev–Trinajstić information content (AvgIpc) is 3.12. The van der Waals surface area contributed by atoms with E-state index in [2.05, 4.69) is 26.0 Å². The van der Waals surface area contributed by atoms with E-state index in [0.29, 0.717) is 17.4 Å². The number of hydrogen-bond acceptors (Lipinski definition) is 8. The Hall–Kier alpha value is -1.25. The molecule has 0 amide bonds. The molecule has 2 atom stereocenters. The van der Waals surface area contributed by atoms with E-state index in [1.54, 1.807) is 0 Å². The van der Waals surface area contributed by atoms with E-state index in [1.807, 2.05) is 21.1 Å². The Kier molecular flexibility index (Phi) is 36.5. The fourth-order valence-corrected chi connectivity index (χ4v) is 6.97. The molecule has 9 nitrogen and oxygen atoms in total. The Morgan fingerprint density at radius 1 is 0.556 bits per heavy atom. The highest BCUT2D eigenvalue weighted by Gasteiger charge is 2.21. The van der Waals surface area contributed by atoms with Crippen molar-refractivity contribution in [3.05, 3.63) is 12.2 Å². The summed E-state index contributed by atoms with van der Waals surface area (Å²) in [6.07, 6.45) is 38.0. The van der Waals surface area contributed by atoms with Gasteiger partial charge in [-0.1, -0.05) is 167 Å². The maximum absolute atomic E-state index is 12.7. The Bertz CT molecular complexity index is 938. The summed E-state index contributed by atoms with van der Waals surface area (Å²) in [4.78, 5) is 37.5. The summed E-state index contributed by atoms with van der Waals surface area (Å²) >= 11 is 0. The highest BCUT2D eigenvalue weighted by molar-refractivity contribution is 7.45. The fraction of sp³-hybridized carbons (Fsp3) is 0.909. The normalized spacial score (nSPS) is 13.7. The molecule has 0 aromatic heterocycles. The van der Waals surface area contributed by atoms with E-state index in [-0.39, 0.29) is 32.0 Å². The number of phosphoric ester groups is 1. The van der Waals surface area contributed by atoms with Gasteiger partial charge in [0, 0.05) is 12.8 Å². The van der Waals surface area contributed by atoms with Crippen molar-refractivity contribution in [3.63, 3.8) is 0 Å². The Labute approximate surface area is 333 Å². The number of phosphoric acid groups is 1. The first kappa shape index (κ1) is 52.8. The monoisotopic (exact) mass is 788 g/mol. The van der Waals surface area contributed by atoms with Crippen molar-refractivity contribution in [1.82, 2.24) is 0 Å². The number of ether oxygens (including phenoxy) is 2. The lowest BCUT2D eigenvalue weighted by atomic mass is 10.0. The van der Waals surface area contributed by atoms with Gasteiger partial charge in [0.25, 0.3) is 7.82 Å². The molecule has 0 saturated carbocycles. The maximum Gasteiger partial charge on any atom is 0.306 e. The second-order valence-electron chi connectivity index (χ2n) is 16.4. The van der Waals surface area contributed by atoms with Gasteiger partial charge in [-0.2, -0.15) is 0 Å². The number of allylic oxidation sites excluding steroid dienone is 2. The van der Waals surface area contributed by atoms with Crippen molar-refractivity contribution in [1.29, 1.82) is 0 Å². The van der Waals surface area contributed by atoms with Crippen molar-refractivity contribution in [2.45, 2.75) is 213 Å². The molecule has 0 spiro atoms. The number of hydrogen-bond donors (Lipinski definition) is 0. The number of carbonyl (C=O) groups excluding carboxylic acids is 2. The predicted octanol–water partition coefficient (Wildman–Crippen LogP) is 11.9. The number of esters is 2. The zero-order chi connectivity index (χ0) is 40.0. The van der Waals surface area contributed by atoms with Crippen LogP contribution in [0.1, 0.15) is 206 Å². The minimum absolute atomic E-state index is 0.0283. The first-order valence-electron chi connectivity index (χ1n) is 22.4. The molecular weight excluding hydrogens is 701 g/mol. The molecule has 320 valence electrons. The van der Waals surface area contributed by atoms with E-state index in [4.69, 9.17) is 18.5 Å². The standard InChI is InChI=1S/C44H86NO8P/c1-6-8-10-12-14-16-18-20-22-24-26-28-30-32-34-36-43(46)50-40-42(41-52-54(48,49)51-39-38-45(3,4)5)53-44(47)37-35-33-31-29-27-25-23-21-19-17-15-13-11-9-7-2/h15,17,42H,6-14,16,18-41H2,1-5H3/b17-15-/t42-/m1/s1. The molecule has 0 aliphatic carbocycles. The number of quaternary nitrogens is 1. The SMILES string of the molecule is CCCCC/C=C\CCCCCCCCCCC(=O)O[C@H](COC(=O)CCCCCCCCCCCCCCCCC)COP(=O)([O-])OCC[N+](C)(C)C. The molecule has 0 radical (unpaired) electrons. The summed E-state index contributed by atoms with van der Waals surface area (Å²) in [5.74, 6) is -0.828. The number of unbranched alkanes of at least 4 members (excludes halogenated alkanes) is 25. The first-order valence-corrected chi connectivity index (χ1v) is 23.9. The molecule has 0 aliphatic rings. The lowest BCUT2D eigenvalue weighted by Gasteiger charge is -2.28. The van der Waals surface area contributed by atoms with Gasteiger partial charge < -0.3 is 27.9 Å². The van der Waals surface area contributed by atoms with Crippen molar-refractivity contribution >= 4 is 19.8 Å². The lowest BCUT2D eigenvalue weighted by Crippen LogP contribution is -2.37. The smallest absolute Gasteiger partial charge is 0.306 e. The van der Waals surface area contributed by atoms with E-state index >= 15 is 0 Å². The second-order valence-corrected chi connectivity index (χ2v) is 17.8. The molecule has 0 aromatic rings. The van der Waals surface area contributed by atoms with E-state index < -0.39 is 26.5 Å². The van der Waals surface area contributed by atoms with Gasteiger partial charge in [-0.15, -0.1) is 0 Å². The average molecular weight is 788 g/mol. The number of likely N-dealkylation sites (N-methyl/N-ethyl adjacent to an activating group) is 1. The fourth-order valence-electron chi connectivity index (χ4n) is 6.24. The summed E-state index contributed by atoms with van der Waals surface area (Å²) in [5.41, 5.74) is 0. The van der Waals surface area contributed by atoms with Crippen LogP contribution in [0.2, 0.25) is 0 Å². The molecule has 10 heteroatoms. The Morgan fingerprint density at radius 2 is 0.944 bits per heavy atom. The van der Waals surface area contributed by atoms with Crippen LogP contribution in [0.4, 0.5) is 0 Å². The van der Waals surface area contributed by atoms with Crippen LogP contribution < -0.4 is 4.89 Å². The number of rotatable bonds is 41. The van der Waals surface area contributed by atoms with Crippen LogP contribution in [0.3, 0.4) is 0 Å². The van der Waals surface area contributed by atoms with Crippen LogP contribution in [0, 0.1) is 0 Å². The number of nitrogens with zero attached hydrogens (tertiary/aromatic N) is 1. The zero-order valence-electron chi connectivity index (χ0n) is 35.9. The second kappa shape index (κ2) is 37.3. The van der Waals surface area contributed by atoms with Gasteiger partial charge in [-0.3, -0.25) is 14.2 Å². The van der Waals surface area contributed by atoms with Gasteiger partial charge in [0.15, 0.2) is 6.10 Å². The molecule has 0 saturated heterocycles. The van der Waals surface area contributed by atoms with Crippen molar-refractivity contribution in [2.75, 3.05) is 47.5 Å². The van der Waals surface area contributed by atoms with E-state index in [9.17, 15) is 19.0 Å². The quantitative estimate of drug-likeness (QED) is 0.0198. The molecule has 0 fully saturated rings. The minimum atomic E-state index is -4.62. The summed E-state index contributed by atoms with van der Waals surface area (Å²) in [6, 6.07) is 0. The van der Waals surface area contributed by atoms with Crippen LogP contribution in [0.15, 0.2) is 12.2 Å². The Morgan fingerprint density at radius 3 is 1.41 bits per heavy atom. The molecule has 0 heterocycles. The highest BCUT2D eigenvalue weighted by atomic mass is 31.2. The van der Waals surface area contributed by atoms with Gasteiger partial charge in [0.1, 0.15) is 19.8 Å². The third kappa shape index (κ3) is 40.4. The topological polar surface area (TPSA) is 111 Å². The van der Waals surface area contributed by atoms with Gasteiger partial charge in [0.2, 0.25) is 0 Å². The molecule has 0 aliphatic heterocycles. The van der Waals surface area contributed by atoms with Crippen LogP contribution >= 0.6 is 7.82 Å². The van der Waals surface area contributed by atoms with Crippen molar-refractivity contribution in [3.8, 4) is 0 Å². The van der Waals surface area contributed by atoms with E-state index in [0.717, 1.165) is 38.5 Å². The van der Waals surface area contributed by atoms with Crippen LogP contribution in [0.25, 0.3) is 0 Å². The van der Waals surface area contributed by atoms with Gasteiger partial charge in [-0.05, 0) is 38.5 Å². The molecule has 1 unspecified atom stereocenters. The first-order chi connectivity index (χ1) is 26.0. The molecule has 0 rings (SSSR count). The van der Waals surface area contributed by atoms with Crippen LogP contribution in [0.5, 0.6) is 0 Å². The summed E-state index contributed by atoms with van der Waals surface area (Å²) in [6.45, 7) is 4.23. The molecule has 0 aromatic carbocycles. The van der Waals surface area contributed by atoms with Gasteiger partial charge >= 0.3 is 11.9 Å². The van der Waals surface area contributed by atoms with Crippen LogP contribution in [-0.4, -0.2) is 70.0 Å². The summed E-state index contributed by atoms with van der Waals surface area (Å²) in [7, 11) is 1.17. The third-order valence-electron chi connectivity index (χ3n) is 9.79. The molecule has 0 bridgehead atoms. The summed E-state index contributed by atoms with van der Waals surface area (Å²) in [5, 5.41) is 0.